The maximum Gasteiger partial charge on any atom is 0.245 e. The van der Waals surface area contributed by atoms with E-state index in [1.807, 2.05) is 11.4 Å². The zero-order chi connectivity index (χ0) is 14.0. The molecule has 1 aliphatic heterocycles. The second-order valence-electron chi connectivity index (χ2n) is 5.18. The third kappa shape index (κ3) is 3.79. The van der Waals surface area contributed by atoms with Crippen LogP contribution in [0, 0.1) is 5.92 Å². The van der Waals surface area contributed by atoms with E-state index in [2.05, 4.69) is 35.1 Å². The van der Waals surface area contributed by atoms with Gasteiger partial charge in [0, 0.05) is 14.7 Å². The molecule has 104 valence electrons. The van der Waals surface area contributed by atoms with Crippen LogP contribution in [-0.4, -0.2) is 29.3 Å². The van der Waals surface area contributed by atoms with Gasteiger partial charge in [-0.1, -0.05) is 13.8 Å². The Morgan fingerprint density at radius 2 is 2.26 bits per heavy atom. The highest BCUT2D eigenvalue weighted by molar-refractivity contribution is 9.10. The topological polar surface area (TPSA) is 49.4 Å². The average Bonchev–Trinajstić information content (AvgIpc) is 2.70. The first-order valence-corrected chi connectivity index (χ1v) is 7.94. The van der Waals surface area contributed by atoms with Gasteiger partial charge in [-0.15, -0.1) is 11.3 Å². The summed E-state index contributed by atoms with van der Waals surface area (Å²) in [5.41, 5.74) is 0. The van der Waals surface area contributed by atoms with Gasteiger partial charge in [-0.25, -0.2) is 0 Å². The zero-order valence-corrected chi connectivity index (χ0v) is 13.4. The number of thiophene rings is 1. The molecule has 2 rings (SSSR count). The summed E-state index contributed by atoms with van der Waals surface area (Å²) < 4.78 is 1.01. The van der Waals surface area contributed by atoms with Crippen molar-refractivity contribution < 1.29 is 9.59 Å². The summed E-state index contributed by atoms with van der Waals surface area (Å²) in [6.07, 6.45) is 0.690. The minimum Gasteiger partial charge on any atom is -0.343 e. The van der Waals surface area contributed by atoms with Crippen LogP contribution in [0.25, 0.3) is 0 Å². The van der Waals surface area contributed by atoms with Crippen molar-refractivity contribution in [3.8, 4) is 0 Å². The summed E-state index contributed by atoms with van der Waals surface area (Å²) in [7, 11) is 0. The highest BCUT2D eigenvalue weighted by Gasteiger charge is 2.32. The molecule has 0 bridgehead atoms. The van der Waals surface area contributed by atoms with Gasteiger partial charge in [0.25, 0.3) is 0 Å². The molecule has 1 aromatic heterocycles. The number of hydrogen-bond donors (Lipinski definition) is 1. The van der Waals surface area contributed by atoms with Gasteiger partial charge in [-0.05, 0) is 34.3 Å². The van der Waals surface area contributed by atoms with Gasteiger partial charge >= 0.3 is 0 Å². The molecule has 0 saturated carbocycles. The molecule has 0 aromatic carbocycles. The maximum absolute atomic E-state index is 12.3. The predicted molar refractivity (Wildman–Crippen MR) is 78.8 cm³/mol. The van der Waals surface area contributed by atoms with Crippen LogP contribution in [0.2, 0.25) is 0 Å². The second-order valence-corrected chi connectivity index (χ2v) is 7.09. The first-order chi connectivity index (χ1) is 8.95. The lowest BCUT2D eigenvalue weighted by atomic mass is 10.0. The van der Waals surface area contributed by atoms with E-state index in [1.165, 1.54) is 0 Å². The average molecular weight is 345 g/mol. The largest absolute Gasteiger partial charge is 0.343 e. The van der Waals surface area contributed by atoms with Crippen molar-refractivity contribution in [1.29, 1.82) is 0 Å². The van der Waals surface area contributed by atoms with Crippen LogP contribution in [0.15, 0.2) is 15.9 Å². The summed E-state index contributed by atoms with van der Waals surface area (Å²) in [4.78, 5) is 26.7. The van der Waals surface area contributed by atoms with Crippen molar-refractivity contribution in [2.75, 3.05) is 6.54 Å². The smallest absolute Gasteiger partial charge is 0.245 e. The van der Waals surface area contributed by atoms with Crippen LogP contribution < -0.4 is 5.32 Å². The Balaban J connectivity index is 2.06. The monoisotopic (exact) mass is 344 g/mol. The van der Waals surface area contributed by atoms with Crippen molar-refractivity contribution in [1.82, 2.24) is 10.2 Å². The van der Waals surface area contributed by atoms with E-state index in [0.717, 1.165) is 9.35 Å². The van der Waals surface area contributed by atoms with Crippen molar-refractivity contribution in [2.45, 2.75) is 32.9 Å². The Morgan fingerprint density at radius 3 is 2.84 bits per heavy atom. The van der Waals surface area contributed by atoms with Gasteiger partial charge in [0.15, 0.2) is 0 Å². The van der Waals surface area contributed by atoms with E-state index in [4.69, 9.17) is 0 Å². The lowest BCUT2D eigenvalue weighted by Gasteiger charge is -2.33. The molecule has 19 heavy (non-hydrogen) atoms. The first kappa shape index (κ1) is 14.5. The molecule has 1 saturated heterocycles. The molecule has 1 aromatic rings. The molecule has 1 atom stereocenters. The number of nitrogens with zero attached hydrogens (tertiary/aromatic N) is 1. The quantitative estimate of drug-likeness (QED) is 0.911. The molecule has 2 heterocycles. The number of hydrogen-bond acceptors (Lipinski definition) is 3. The normalized spacial score (nSPS) is 20.0. The molecule has 2 amide bonds. The molecule has 0 spiro atoms. The number of piperazine rings is 1. The highest BCUT2D eigenvalue weighted by atomic mass is 79.9. The second kappa shape index (κ2) is 6.05. The van der Waals surface area contributed by atoms with Crippen molar-refractivity contribution >= 4 is 39.1 Å². The van der Waals surface area contributed by atoms with Crippen molar-refractivity contribution in [3.63, 3.8) is 0 Å². The van der Waals surface area contributed by atoms with Crippen molar-refractivity contribution in [2.24, 2.45) is 5.92 Å². The van der Waals surface area contributed by atoms with Crippen LogP contribution in [0.1, 0.15) is 25.1 Å². The van der Waals surface area contributed by atoms with Crippen LogP contribution in [0.5, 0.6) is 0 Å². The standard InChI is InChI=1S/C13H17BrN2O2S/c1-8(2)3-11-13(18)16(6-12(17)15-11)5-10-4-9(14)7-19-10/h4,7-8,11H,3,5-6H2,1-2H3,(H,15,17). The maximum atomic E-state index is 12.3. The predicted octanol–water partition coefficient (Wildman–Crippen LogP) is 2.38. The number of amides is 2. The molecule has 1 unspecified atom stereocenters. The molecule has 6 heteroatoms. The van der Waals surface area contributed by atoms with Gasteiger partial charge in [0.2, 0.25) is 11.8 Å². The molecular formula is C13H17BrN2O2S. The number of nitrogens with one attached hydrogen (secondary N) is 1. The Bertz CT molecular complexity index is 487. The van der Waals surface area contributed by atoms with Gasteiger partial charge in [0.1, 0.15) is 6.04 Å². The van der Waals surface area contributed by atoms with E-state index in [0.29, 0.717) is 18.9 Å². The van der Waals surface area contributed by atoms with E-state index < -0.39 is 0 Å². The third-order valence-corrected chi connectivity index (χ3v) is 4.64. The summed E-state index contributed by atoms with van der Waals surface area (Å²) in [6, 6.07) is 1.62. The fourth-order valence-corrected chi connectivity index (χ4v) is 3.63. The van der Waals surface area contributed by atoms with Crippen LogP contribution in [-0.2, 0) is 16.1 Å². The summed E-state index contributed by atoms with van der Waals surface area (Å²) >= 11 is 4.99. The molecule has 0 aliphatic carbocycles. The van der Waals surface area contributed by atoms with Crippen LogP contribution in [0.3, 0.4) is 0 Å². The first-order valence-electron chi connectivity index (χ1n) is 6.26. The lowest BCUT2D eigenvalue weighted by molar-refractivity contribution is -0.145. The van der Waals surface area contributed by atoms with Gasteiger partial charge < -0.3 is 10.2 Å². The third-order valence-electron chi connectivity index (χ3n) is 2.96. The Hall–Kier alpha value is -0.880. The summed E-state index contributed by atoms with van der Waals surface area (Å²) in [5.74, 6) is 0.337. The van der Waals surface area contributed by atoms with Crippen molar-refractivity contribution in [3.05, 3.63) is 20.8 Å². The molecule has 4 nitrogen and oxygen atoms in total. The number of carbonyl (C=O) groups is 2. The van der Waals surface area contributed by atoms with Gasteiger partial charge in [-0.2, -0.15) is 0 Å². The Morgan fingerprint density at radius 1 is 1.53 bits per heavy atom. The van der Waals surface area contributed by atoms with Crippen LogP contribution in [0.4, 0.5) is 0 Å². The van der Waals surface area contributed by atoms with E-state index >= 15 is 0 Å². The lowest BCUT2D eigenvalue weighted by Crippen LogP contribution is -2.57. The SMILES string of the molecule is CC(C)CC1NC(=O)CN(Cc2cc(Br)cs2)C1=O. The highest BCUT2D eigenvalue weighted by Crippen LogP contribution is 2.22. The molecule has 1 fully saturated rings. The zero-order valence-electron chi connectivity index (χ0n) is 11.0. The minimum atomic E-state index is -0.371. The molecule has 1 N–H and O–H groups in total. The molecule has 0 radical (unpaired) electrons. The molecular weight excluding hydrogens is 328 g/mol. The number of carbonyl (C=O) groups excluding carboxylic acids is 2. The fourth-order valence-electron chi connectivity index (χ4n) is 2.16. The van der Waals surface area contributed by atoms with Gasteiger partial charge in [0.05, 0.1) is 13.1 Å². The Kier molecular flexibility index (Phi) is 4.62. The Labute approximate surface area is 125 Å². The summed E-state index contributed by atoms with van der Waals surface area (Å²) in [6.45, 7) is 4.77. The van der Waals surface area contributed by atoms with Crippen LogP contribution >= 0.6 is 27.3 Å². The van der Waals surface area contributed by atoms with E-state index in [-0.39, 0.29) is 24.4 Å². The molecule has 1 aliphatic rings. The number of rotatable bonds is 4. The minimum absolute atomic E-state index is 0.0258. The fraction of sp³-hybridized carbons (Fsp3) is 0.538. The summed E-state index contributed by atoms with van der Waals surface area (Å²) in [5, 5.41) is 4.76. The van der Waals surface area contributed by atoms with Gasteiger partial charge in [-0.3, -0.25) is 9.59 Å². The van der Waals surface area contributed by atoms with E-state index in [1.54, 1.807) is 16.2 Å². The number of halogens is 1. The van der Waals surface area contributed by atoms with E-state index in [9.17, 15) is 9.59 Å².